The second kappa shape index (κ2) is 6.06. The van der Waals surface area contributed by atoms with Crippen LogP contribution in [0.5, 0.6) is 0 Å². The molecule has 3 heterocycles. The third-order valence-electron chi connectivity index (χ3n) is 4.86. The molecular formula is C22H20N4S. The van der Waals surface area contributed by atoms with Crippen LogP contribution in [-0.4, -0.2) is 19.9 Å². The lowest BCUT2D eigenvalue weighted by atomic mass is 10.1. The molecule has 5 aromatic rings. The first-order chi connectivity index (χ1) is 13.1. The van der Waals surface area contributed by atoms with Crippen LogP contribution in [-0.2, 0) is 0 Å². The maximum Gasteiger partial charge on any atom is 0.109 e. The van der Waals surface area contributed by atoms with Crippen LogP contribution in [0.15, 0.2) is 48.7 Å². The number of nitrogens with one attached hydrogen (secondary N) is 2. The zero-order chi connectivity index (χ0) is 18.5. The number of aromatic nitrogens is 4. The minimum atomic E-state index is 0.404. The minimum absolute atomic E-state index is 0.404. The van der Waals surface area contributed by atoms with Crippen molar-refractivity contribution in [3.05, 3.63) is 60.3 Å². The molecule has 4 nitrogen and oxygen atoms in total. The fraction of sp³-hybridized carbons (Fsp3) is 0.182. The molecule has 0 radical (unpaired) electrons. The Bertz CT molecular complexity index is 1200. The zero-order valence-electron chi connectivity index (χ0n) is 15.5. The second-order valence-electron chi connectivity index (χ2n) is 7.25. The van der Waals surface area contributed by atoms with Crippen molar-refractivity contribution in [2.75, 3.05) is 0 Å². The lowest BCUT2D eigenvalue weighted by Crippen LogP contribution is -1.89. The van der Waals surface area contributed by atoms with E-state index in [-0.39, 0.29) is 0 Å². The molecule has 0 amide bonds. The van der Waals surface area contributed by atoms with Gasteiger partial charge in [-0.05, 0) is 41.6 Å². The number of rotatable bonds is 3. The number of thiophene rings is 1. The fourth-order valence-electron chi connectivity index (χ4n) is 3.41. The predicted octanol–water partition coefficient (Wildman–Crippen LogP) is 6.27. The van der Waals surface area contributed by atoms with Gasteiger partial charge >= 0.3 is 0 Å². The number of hydrogen-bond donors (Lipinski definition) is 2. The van der Waals surface area contributed by atoms with Gasteiger partial charge in [0.25, 0.3) is 0 Å². The van der Waals surface area contributed by atoms with E-state index in [9.17, 15) is 0 Å². The molecule has 0 saturated carbocycles. The Morgan fingerprint density at radius 2 is 1.74 bits per heavy atom. The van der Waals surface area contributed by atoms with Crippen molar-refractivity contribution in [1.29, 1.82) is 0 Å². The van der Waals surface area contributed by atoms with Crippen molar-refractivity contribution >= 4 is 32.5 Å². The lowest BCUT2D eigenvalue weighted by Gasteiger charge is -2.02. The largest absolute Gasteiger partial charge is 0.342 e. The SMILES string of the molecule is Cc1nc2cc3sc(-c4ccc(-c5cnc(C(C)C)[nH]5)cc4)cc3cc2[nH]1. The normalized spacial score (nSPS) is 11.9. The number of benzene rings is 2. The van der Waals surface area contributed by atoms with Crippen LogP contribution in [0.3, 0.4) is 0 Å². The molecule has 5 heteroatoms. The average Bonchev–Trinajstić information content (AvgIpc) is 3.36. The van der Waals surface area contributed by atoms with Crippen molar-refractivity contribution in [1.82, 2.24) is 19.9 Å². The summed E-state index contributed by atoms with van der Waals surface area (Å²) >= 11 is 1.81. The number of imidazole rings is 2. The van der Waals surface area contributed by atoms with E-state index in [1.165, 1.54) is 20.5 Å². The predicted molar refractivity (Wildman–Crippen MR) is 113 cm³/mol. The Morgan fingerprint density at radius 1 is 0.963 bits per heavy atom. The first-order valence-corrected chi connectivity index (χ1v) is 9.94. The van der Waals surface area contributed by atoms with Crippen LogP contribution in [0.4, 0.5) is 0 Å². The molecule has 2 N–H and O–H groups in total. The van der Waals surface area contributed by atoms with Gasteiger partial charge in [0.15, 0.2) is 0 Å². The highest BCUT2D eigenvalue weighted by Crippen LogP contribution is 2.36. The summed E-state index contributed by atoms with van der Waals surface area (Å²) in [5, 5.41) is 1.25. The van der Waals surface area contributed by atoms with Gasteiger partial charge in [-0.2, -0.15) is 0 Å². The summed E-state index contributed by atoms with van der Waals surface area (Å²) in [6.45, 7) is 6.28. The quantitative estimate of drug-likeness (QED) is 0.392. The third kappa shape index (κ3) is 2.84. The van der Waals surface area contributed by atoms with E-state index in [4.69, 9.17) is 0 Å². The number of fused-ring (bicyclic) bond motifs is 2. The first kappa shape index (κ1) is 16.3. The Balaban J connectivity index is 1.50. The second-order valence-corrected chi connectivity index (χ2v) is 8.34. The molecule has 2 aromatic carbocycles. The van der Waals surface area contributed by atoms with Crippen molar-refractivity contribution in [3.8, 4) is 21.7 Å². The van der Waals surface area contributed by atoms with Gasteiger partial charge in [-0.15, -0.1) is 11.3 Å². The molecule has 27 heavy (non-hydrogen) atoms. The van der Waals surface area contributed by atoms with Gasteiger partial charge in [-0.25, -0.2) is 9.97 Å². The van der Waals surface area contributed by atoms with E-state index in [0.29, 0.717) is 5.92 Å². The summed E-state index contributed by atoms with van der Waals surface area (Å²) in [7, 11) is 0. The highest BCUT2D eigenvalue weighted by Gasteiger charge is 2.10. The standard InChI is InChI=1S/C22H20N4S/c1-12(2)22-23-11-19(26-22)14-4-6-15(7-5-14)20-9-16-8-17-18(10-21(16)27-20)25-13(3)24-17/h4-12H,1-3H3,(H,23,26)(H,24,25). The Morgan fingerprint density at radius 3 is 2.48 bits per heavy atom. The number of nitrogens with zero attached hydrogens (tertiary/aromatic N) is 2. The summed E-state index contributed by atoms with van der Waals surface area (Å²) in [4.78, 5) is 17.0. The molecule has 134 valence electrons. The lowest BCUT2D eigenvalue weighted by molar-refractivity contribution is 0.795. The summed E-state index contributed by atoms with van der Waals surface area (Å²) in [5.41, 5.74) is 5.59. The topological polar surface area (TPSA) is 57.4 Å². The molecule has 0 aliphatic rings. The number of H-pyrrole nitrogens is 2. The Hall–Kier alpha value is -2.92. The van der Waals surface area contributed by atoms with Crippen LogP contribution in [0, 0.1) is 6.92 Å². The molecule has 0 saturated heterocycles. The van der Waals surface area contributed by atoms with E-state index in [0.717, 1.165) is 33.9 Å². The van der Waals surface area contributed by atoms with Gasteiger partial charge in [0, 0.05) is 15.5 Å². The molecule has 0 aliphatic carbocycles. The van der Waals surface area contributed by atoms with Crippen LogP contribution in [0.2, 0.25) is 0 Å². The molecule has 0 atom stereocenters. The van der Waals surface area contributed by atoms with Gasteiger partial charge in [-0.1, -0.05) is 38.1 Å². The maximum atomic E-state index is 4.55. The highest BCUT2D eigenvalue weighted by atomic mass is 32.1. The van der Waals surface area contributed by atoms with Crippen LogP contribution in [0.25, 0.3) is 42.8 Å². The Kier molecular flexibility index (Phi) is 3.65. The molecular weight excluding hydrogens is 352 g/mol. The van der Waals surface area contributed by atoms with Gasteiger partial charge in [0.05, 0.1) is 22.9 Å². The van der Waals surface area contributed by atoms with Gasteiger partial charge in [0.2, 0.25) is 0 Å². The van der Waals surface area contributed by atoms with E-state index in [2.05, 4.69) is 76.2 Å². The maximum absolute atomic E-state index is 4.55. The molecule has 0 bridgehead atoms. The molecule has 5 rings (SSSR count). The van der Waals surface area contributed by atoms with E-state index >= 15 is 0 Å². The number of hydrogen-bond acceptors (Lipinski definition) is 3. The van der Waals surface area contributed by atoms with Gasteiger partial charge < -0.3 is 9.97 Å². The van der Waals surface area contributed by atoms with Crippen molar-refractivity contribution < 1.29 is 0 Å². The van der Waals surface area contributed by atoms with Crippen LogP contribution in [0.1, 0.15) is 31.4 Å². The van der Waals surface area contributed by atoms with E-state index in [1.807, 2.05) is 24.5 Å². The van der Waals surface area contributed by atoms with E-state index < -0.39 is 0 Å². The first-order valence-electron chi connectivity index (χ1n) is 9.12. The van der Waals surface area contributed by atoms with E-state index in [1.54, 1.807) is 0 Å². The summed E-state index contributed by atoms with van der Waals surface area (Å²) in [5.74, 6) is 2.39. The van der Waals surface area contributed by atoms with Crippen molar-refractivity contribution in [3.63, 3.8) is 0 Å². The minimum Gasteiger partial charge on any atom is -0.342 e. The number of aromatic amines is 2. The zero-order valence-corrected chi connectivity index (χ0v) is 16.3. The fourth-order valence-corrected chi connectivity index (χ4v) is 4.49. The molecule has 0 aliphatic heterocycles. The van der Waals surface area contributed by atoms with Crippen molar-refractivity contribution in [2.45, 2.75) is 26.7 Å². The highest BCUT2D eigenvalue weighted by molar-refractivity contribution is 7.22. The molecule has 0 unspecified atom stereocenters. The van der Waals surface area contributed by atoms with Gasteiger partial charge in [0.1, 0.15) is 11.6 Å². The molecule has 3 aromatic heterocycles. The summed E-state index contributed by atoms with van der Waals surface area (Å²) < 4.78 is 1.27. The average molecular weight is 372 g/mol. The summed E-state index contributed by atoms with van der Waals surface area (Å²) in [6, 6.07) is 15.3. The third-order valence-corrected chi connectivity index (χ3v) is 6.01. The Labute approximate surface area is 161 Å². The number of aryl methyl sites for hydroxylation is 1. The van der Waals surface area contributed by atoms with Crippen LogP contribution < -0.4 is 0 Å². The van der Waals surface area contributed by atoms with Crippen LogP contribution >= 0.6 is 11.3 Å². The molecule has 0 fully saturated rings. The summed E-state index contributed by atoms with van der Waals surface area (Å²) in [6.07, 6.45) is 1.92. The monoisotopic (exact) mass is 372 g/mol. The molecule has 0 spiro atoms. The van der Waals surface area contributed by atoms with Gasteiger partial charge in [-0.3, -0.25) is 0 Å². The van der Waals surface area contributed by atoms with Crippen molar-refractivity contribution in [2.24, 2.45) is 0 Å². The smallest absolute Gasteiger partial charge is 0.109 e.